The summed E-state index contributed by atoms with van der Waals surface area (Å²) >= 11 is 0. The number of fused-ring (bicyclic) bond motifs is 1. The molecule has 3 aliphatic rings. The summed E-state index contributed by atoms with van der Waals surface area (Å²) in [7, 11) is 0. The van der Waals surface area contributed by atoms with E-state index in [-0.39, 0.29) is 23.0 Å². The molecule has 0 radical (unpaired) electrons. The summed E-state index contributed by atoms with van der Waals surface area (Å²) in [6.45, 7) is -1.20. The number of aliphatic hydroxyl groups is 8. The third-order valence-electron chi connectivity index (χ3n) is 10.1. The Hall–Kier alpha value is -4.98. The van der Waals surface area contributed by atoms with Crippen molar-refractivity contribution < 1.29 is 79.9 Å². The first-order valence-electron chi connectivity index (χ1n) is 17.7. The summed E-state index contributed by atoms with van der Waals surface area (Å²) in [4.78, 5) is 0. The molecule has 298 valence electrons. The van der Waals surface area contributed by atoms with Gasteiger partial charge in [-0.25, -0.2) is 0 Å². The van der Waals surface area contributed by atoms with E-state index in [4.69, 9.17) is 23.7 Å². The van der Waals surface area contributed by atoms with Crippen molar-refractivity contribution in [2.75, 3.05) is 13.2 Å². The van der Waals surface area contributed by atoms with E-state index in [1.165, 1.54) is 18.2 Å². The topological polar surface area (TPSA) is 269 Å². The number of phenols is 3. The largest absolute Gasteiger partial charge is 0.508 e. The number of rotatable bonds is 10. The van der Waals surface area contributed by atoms with Gasteiger partial charge in [-0.1, -0.05) is 36.4 Å². The predicted octanol–water partition coefficient (Wildman–Crippen LogP) is 0.597. The molecular formula is C40H42O16. The zero-order valence-corrected chi connectivity index (χ0v) is 29.5. The second-order valence-corrected chi connectivity index (χ2v) is 13.9. The third kappa shape index (κ3) is 7.85. The Morgan fingerprint density at radius 1 is 0.536 bits per heavy atom. The summed E-state index contributed by atoms with van der Waals surface area (Å²) in [5.41, 5.74) is 2.78. The molecular weight excluding hydrogens is 736 g/mol. The van der Waals surface area contributed by atoms with Crippen LogP contribution in [0.5, 0.6) is 34.5 Å². The minimum atomic E-state index is -1.62. The molecule has 0 bridgehead atoms. The lowest BCUT2D eigenvalue weighted by molar-refractivity contribution is -0.277. The summed E-state index contributed by atoms with van der Waals surface area (Å²) in [5, 5.41) is 112. The van der Waals surface area contributed by atoms with Gasteiger partial charge in [0.1, 0.15) is 89.4 Å². The first kappa shape index (κ1) is 39.3. The van der Waals surface area contributed by atoms with Crippen LogP contribution in [0.15, 0.2) is 78.9 Å². The molecule has 3 aliphatic heterocycles. The summed E-state index contributed by atoms with van der Waals surface area (Å²) < 4.78 is 28.7. The zero-order valence-electron chi connectivity index (χ0n) is 29.5. The van der Waals surface area contributed by atoms with Crippen LogP contribution < -0.4 is 14.2 Å². The molecule has 16 nitrogen and oxygen atoms in total. The number of phenolic OH excluding ortho intramolecular Hbond substituents is 3. The quantitative estimate of drug-likeness (QED) is 0.0985. The van der Waals surface area contributed by atoms with Crippen LogP contribution in [0, 0.1) is 0 Å². The van der Waals surface area contributed by atoms with Gasteiger partial charge in [0, 0.05) is 11.6 Å². The molecule has 0 amide bonds. The molecule has 7 rings (SSSR count). The zero-order chi connectivity index (χ0) is 39.8. The number of benzene rings is 4. The lowest BCUT2D eigenvalue weighted by atomic mass is 9.84. The number of hydrogen-bond donors (Lipinski definition) is 11. The van der Waals surface area contributed by atoms with Crippen molar-refractivity contribution in [3.05, 3.63) is 107 Å². The van der Waals surface area contributed by atoms with E-state index < -0.39 is 86.6 Å². The van der Waals surface area contributed by atoms with Gasteiger partial charge in [-0.3, -0.25) is 0 Å². The molecule has 12 atom stereocenters. The first-order valence-corrected chi connectivity index (χ1v) is 17.7. The van der Waals surface area contributed by atoms with Gasteiger partial charge in [0.2, 0.25) is 12.6 Å². The van der Waals surface area contributed by atoms with Crippen molar-refractivity contribution in [2.24, 2.45) is 0 Å². The fourth-order valence-electron chi connectivity index (χ4n) is 7.08. The molecule has 4 aromatic carbocycles. The lowest BCUT2D eigenvalue weighted by Crippen LogP contribution is -2.60. The van der Waals surface area contributed by atoms with Gasteiger partial charge in [0.05, 0.1) is 19.1 Å². The fraction of sp³-hybridized carbons (Fsp3) is 0.350. The molecule has 2 fully saturated rings. The molecule has 16 heteroatoms. The highest BCUT2D eigenvalue weighted by atomic mass is 16.7. The molecule has 2 saturated heterocycles. The van der Waals surface area contributed by atoms with Gasteiger partial charge in [0.15, 0.2) is 0 Å². The average molecular weight is 779 g/mol. The van der Waals surface area contributed by atoms with Crippen LogP contribution in [0.1, 0.15) is 39.8 Å². The first-order chi connectivity index (χ1) is 26.8. The van der Waals surface area contributed by atoms with Crippen LogP contribution in [-0.2, 0) is 9.47 Å². The van der Waals surface area contributed by atoms with Gasteiger partial charge in [-0.05, 0) is 70.8 Å². The number of hydrogen-bond acceptors (Lipinski definition) is 16. The SMILES string of the molecule is OC[C@H]1O[C@@H](Oc2ccc(/C=C/c3cc(O)c4c(c3)O[C@@H](c3ccc(O[C@@H]5O[C@H](CO)[C@@H](O)[C@H](O)[C@H]5O)cc3)[C@@H]4c3cc(O)cc(O)c3)cc2)[C@H](O)[C@@H](O)[C@@H]1O. The molecule has 0 saturated carbocycles. The van der Waals surface area contributed by atoms with E-state index in [9.17, 15) is 56.2 Å². The Labute approximate surface area is 319 Å². The molecule has 4 aromatic rings. The van der Waals surface area contributed by atoms with Crippen LogP contribution >= 0.6 is 0 Å². The van der Waals surface area contributed by atoms with E-state index in [1.807, 2.05) is 0 Å². The maximum absolute atomic E-state index is 11.4. The van der Waals surface area contributed by atoms with Gasteiger partial charge in [0.25, 0.3) is 0 Å². The van der Waals surface area contributed by atoms with Crippen molar-refractivity contribution in [1.29, 1.82) is 0 Å². The highest BCUT2D eigenvalue weighted by molar-refractivity contribution is 5.73. The molecule has 0 aromatic heterocycles. The minimum absolute atomic E-state index is 0.108. The van der Waals surface area contributed by atoms with Crippen LogP contribution in [0.4, 0.5) is 0 Å². The number of aromatic hydroxyl groups is 3. The lowest BCUT2D eigenvalue weighted by Gasteiger charge is -2.39. The standard InChI is InChI=1S/C40H42O16/c41-16-28-32(46)34(48)36(50)39(55-28)52-24-7-3-18(4-8-24)1-2-19-11-26(45)31-27(12-19)54-38(30(31)21-13-22(43)15-23(44)14-21)20-5-9-25(10-6-20)53-40-37(51)35(49)33(47)29(17-42)56-40/h1-15,28-30,32-51H,16-17H2/b2-1+/t28-,29-,30-,32-,33-,34+,35+,36-,37-,38+,39-,40-/m1/s1. The van der Waals surface area contributed by atoms with Crippen molar-refractivity contribution in [3.63, 3.8) is 0 Å². The second kappa shape index (κ2) is 16.2. The molecule has 3 heterocycles. The van der Waals surface area contributed by atoms with E-state index in [0.717, 1.165) is 5.56 Å². The van der Waals surface area contributed by atoms with Crippen LogP contribution in [0.3, 0.4) is 0 Å². The van der Waals surface area contributed by atoms with Crippen LogP contribution in [0.2, 0.25) is 0 Å². The van der Waals surface area contributed by atoms with Crippen LogP contribution in [0.25, 0.3) is 12.2 Å². The molecule has 0 aliphatic carbocycles. The van der Waals surface area contributed by atoms with E-state index in [0.29, 0.717) is 33.8 Å². The normalized spacial score (nSPS) is 31.5. The summed E-state index contributed by atoms with van der Waals surface area (Å²) in [6, 6.07) is 20.5. The summed E-state index contributed by atoms with van der Waals surface area (Å²) in [6.07, 6.45) is -11.6. The molecule has 56 heavy (non-hydrogen) atoms. The number of ether oxygens (including phenoxy) is 5. The number of aliphatic hydroxyl groups excluding tert-OH is 8. The predicted molar refractivity (Wildman–Crippen MR) is 194 cm³/mol. The fourth-order valence-corrected chi connectivity index (χ4v) is 7.08. The minimum Gasteiger partial charge on any atom is -0.508 e. The smallest absolute Gasteiger partial charge is 0.229 e. The highest BCUT2D eigenvalue weighted by Gasteiger charge is 2.46. The Morgan fingerprint density at radius 2 is 1.04 bits per heavy atom. The van der Waals surface area contributed by atoms with Crippen molar-refractivity contribution in [2.45, 2.75) is 73.4 Å². The van der Waals surface area contributed by atoms with Crippen molar-refractivity contribution >= 4 is 12.2 Å². The highest BCUT2D eigenvalue weighted by Crippen LogP contribution is 2.54. The van der Waals surface area contributed by atoms with Crippen LogP contribution in [-0.4, -0.2) is 131 Å². The maximum atomic E-state index is 11.4. The van der Waals surface area contributed by atoms with E-state index in [1.54, 1.807) is 72.8 Å². The Bertz CT molecular complexity index is 1980. The van der Waals surface area contributed by atoms with Crippen molar-refractivity contribution in [1.82, 2.24) is 0 Å². The Morgan fingerprint density at radius 3 is 1.55 bits per heavy atom. The van der Waals surface area contributed by atoms with E-state index in [2.05, 4.69) is 0 Å². The van der Waals surface area contributed by atoms with Gasteiger partial charge < -0.3 is 79.9 Å². The molecule has 11 N–H and O–H groups in total. The van der Waals surface area contributed by atoms with Crippen molar-refractivity contribution in [3.8, 4) is 34.5 Å². The molecule has 0 spiro atoms. The Kier molecular flexibility index (Phi) is 11.4. The second-order valence-electron chi connectivity index (χ2n) is 13.9. The van der Waals surface area contributed by atoms with Gasteiger partial charge in [-0.2, -0.15) is 0 Å². The van der Waals surface area contributed by atoms with Gasteiger partial charge in [-0.15, -0.1) is 0 Å². The average Bonchev–Trinajstić information content (AvgIpc) is 3.58. The molecule has 0 unspecified atom stereocenters. The van der Waals surface area contributed by atoms with E-state index >= 15 is 0 Å². The monoisotopic (exact) mass is 778 g/mol. The maximum Gasteiger partial charge on any atom is 0.229 e. The Balaban J connectivity index is 1.10. The summed E-state index contributed by atoms with van der Waals surface area (Å²) in [5.74, 6) is -0.342. The van der Waals surface area contributed by atoms with Gasteiger partial charge >= 0.3 is 0 Å². The third-order valence-corrected chi connectivity index (χ3v) is 10.1.